The van der Waals surface area contributed by atoms with E-state index in [0.29, 0.717) is 4.75 Å². The Labute approximate surface area is 131 Å². The van der Waals surface area contributed by atoms with Crippen LogP contribution in [0.5, 0.6) is 0 Å². The number of nitrogens with one attached hydrogen (secondary N) is 1. The molecule has 116 valence electrons. The van der Waals surface area contributed by atoms with Gasteiger partial charge in [0, 0.05) is 30.1 Å². The molecule has 1 heterocycles. The minimum atomic E-state index is -0.214. The SMILES string of the molecule is CC(C(=O)NN)c1ccc(CN2CCSC(C)(C)C2)cc1. The third-order valence-electron chi connectivity index (χ3n) is 3.93. The van der Waals surface area contributed by atoms with Crippen LogP contribution in [-0.2, 0) is 11.3 Å². The molecule has 3 N–H and O–H groups in total. The molecule has 1 aliphatic heterocycles. The van der Waals surface area contributed by atoms with Gasteiger partial charge < -0.3 is 0 Å². The van der Waals surface area contributed by atoms with Crippen molar-refractivity contribution in [2.45, 2.75) is 38.0 Å². The van der Waals surface area contributed by atoms with Crippen LogP contribution in [0.3, 0.4) is 0 Å². The van der Waals surface area contributed by atoms with Crippen LogP contribution < -0.4 is 11.3 Å². The van der Waals surface area contributed by atoms with Gasteiger partial charge in [-0.1, -0.05) is 24.3 Å². The molecule has 2 rings (SSSR count). The molecule has 1 aromatic rings. The van der Waals surface area contributed by atoms with Crippen molar-refractivity contribution in [2.24, 2.45) is 5.84 Å². The van der Waals surface area contributed by atoms with Crippen molar-refractivity contribution in [1.29, 1.82) is 0 Å². The van der Waals surface area contributed by atoms with E-state index >= 15 is 0 Å². The van der Waals surface area contributed by atoms with E-state index in [1.807, 2.05) is 30.8 Å². The number of hydrogen-bond donors (Lipinski definition) is 2. The Morgan fingerprint density at radius 1 is 1.43 bits per heavy atom. The van der Waals surface area contributed by atoms with Crippen LogP contribution in [0.4, 0.5) is 0 Å². The minimum absolute atomic E-state index is 0.155. The summed E-state index contributed by atoms with van der Waals surface area (Å²) in [5, 5.41) is 0. The number of carbonyl (C=O) groups is 1. The summed E-state index contributed by atoms with van der Waals surface area (Å²) in [7, 11) is 0. The van der Waals surface area contributed by atoms with Crippen molar-refractivity contribution in [1.82, 2.24) is 10.3 Å². The Morgan fingerprint density at radius 2 is 2.10 bits per heavy atom. The molecule has 21 heavy (non-hydrogen) atoms. The summed E-state index contributed by atoms with van der Waals surface area (Å²) in [4.78, 5) is 14.0. The lowest BCUT2D eigenvalue weighted by Gasteiger charge is -2.37. The zero-order chi connectivity index (χ0) is 15.5. The van der Waals surface area contributed by atoms with Crippen LogP contribution in [0.2, 0.25) is 0 Å². The lowest BCUT2D eigenvalue weighted by Crippen LogP contribution is -2.42. The minimum Gasteiger partial charge on any atom is -0.297 e. The van der Waals surface area contributed by atoms with Crippen molar-refractivity contribution in [3.8, 4) is 0 Å². The molecule has 1 fully saturated rings. The highest BCUT2D eigenvalue weighted by atomic mass is 32.2. The van der Waals surface area contributed by atoms with Gasteiger partial charge in [0.2, 0.25) is 5.91 Å². The molecule has 0 aromatic heterocycles. The molecule has 0 saturated carbocycles. The molecule has 0 spiro atoms. The lowest BCUT2D eigenvalue weighted by atomic mass is 9.99. The maximum Gasteiger partial charge on any atom is 0.241 e. The van der Waals surface area contributed by atoms with E-state index in [2.05, 4.69) is 36.3 Å². The fraction of sp³-hybridized carbons (Fsp3) is 0.562. The predicted octanol–water partition coefficient (Wildman–Crippen LogP) is 2.11. The third kappa shape index (κ3) is 4.46. The molecule has 1 aromatic carbocycles. The number of carbonyl (C=O) groups excluding carboxylic acids is 1. The summed E-state index contributed by atoms with van der Waals surface area (Å²) in [6.45, 7) is 9.70. The number of hydrogen-bond acceptors (Lipinski definition) is 4. The molecule has 4 nitrogen and oxygen atoms in total. The molecule has 1 saturated heterocycles. The molecule has 1 atom stereocenters. The molecular formula is C16H25N3OS. The molecule has 1 aliphatic rings. The highest BCUT2D eigenvalue weighted by molar-refractivity contribution is 8.00. The molecule has 0 bridgehead atoms. The highest BCUT2D eigenvalue weighted by Gasteiger charge is 2.26. The fourth-order valence-electron chi connectivity index (χ4n) is 2.70. The standard InChI is InChI=1S/C16H25N3OS/c1-12(15(20)18-17)14-6-4-13(5-7-14)10-19-8-9-21-16(2,3)11-19/h4-7,12H,8-11,17H2,1-3H3,(H,18,20). The van der Waals surface area contributed by atoms with E-state index in [9.17, 15) is 4.79 Å². The summed E-state index contributed by atoms with van der Waals surface area (Å²) >= 11 is 2.05. The van der Waals surface area contributed by atoms with Gasteiger partial charge in [-0.05, 0) is 31.9 Å². The Bertz CT molecular complexity index is 487. The van der Waals surface area contributed by atoms with Crippen molar-refractivity contribution in [2.75, 3.05) is 18.8 Å². The zero-order valence-corrected chi connectivity index (χ0v) is 13.9. The normalized spacial score (nSPS) is 20.0. The second-order valence-electron chi connectivity index (χ2n) is 6.29. The quantitative estimate of drug-likeness (QED) is 0.508. The average Bonchev–Trinajstić information content (AvgIpc) is 2.45. The molecule has 0 aliphatic carbocycles. The molecule has 1 amide bonds. The maximum absolute atomic E-state index is 11.5. The van der Waals surface area contributed by atoms with Gasteiger partial charge in [-0.3, -0.25) is 15.1 Å². The van der Waals surface area contributed by atoms with Crippen molar-refractivity contribution in [3.05, 3.63) is 35.4 Å². The number of hydrazine groups is 1. The van der Waals surface area contributed by atoms with Gasteiger partial charge >= 0.3 is 0 Å². The Morgan fingerprint density at radius 3 is 2.67 bits per heavy atom. The topological polar surface area (TPSA) is 58.4 Å². The number of benzene rings is 1. The highest BCUT2D eigenvalue weighted by Crippen LogP contribution is 2.30. The first kappa shape index (κ1) is 16.3. The largest absolute Gasteiger partial charge is 0.297 e. The third-order valence-corrected chi connectivity index (χ3v) is 5.22. The fourth-order valence-corrected chi connectivity index (χ4v) is 3.87. The van der Waals surface area contributed by atoms with E-state index in [0.717, 1.165) is 25.2 Å². The van der Waals surface area contributed by atoms with Gasteiger partial charge in [0.1, 0.15) is 0 Å². The summed E-state index contributed by atoms with van der Waals surface area (Å²) in [5.74, 6) is 6.01. The van der Waals surface area contributed by atoms with E-state index in [1.54, 1.807) is 0 Å². The molecule has 0 radical (unpaired) electrons. The van der Waals surface area contributed by atoms with E-state index < -0.39 is 0 Å². The molecule has 5 heteroatoms. The smallest absolute Gasteiger partial charge is 0.241 e. The second-order valence-corrected chi connectivity index (χ2v) is 8.09. The van der Waals surface area contributed by atoms with E-state index in [-0.39, 0.29) is 11.8 Å². The predicted molar refractivity (Wildman–Crippen MR) is 89.0 cm³/mol. The van der Waals surface area contributed by atoms with Gasteiger partial charge in [0.05, 0.1) is 5.92 Å². The number of rotatable bonds is 4. The van der Waals surface area contributed by atoms with Crippen LogP contribution >= 0.6 is 11.8 Å². The Balaban J connectivity index is 1.98. The number of amides is 1. The number of nitrogens with zero attached hydrogens (tertiary/aromatic N) is 1. The van der Waals surface area contributed by atoms with Crippen LogP contribution in [0, 0.1) is 0 Å². The van der Waals surface area contributed by atoms with Gasteiger partial charge in [-0.25, -0.2) is 5.84 Å². The van der Waals surface area contributed by atoms with Crippen LogP contribution in [-0.4, -0.2) is 34.4 Å². The van der Waals surface area contributed by atoms with Gasteiger partial charge in [0.25, 0.3) is 0 Å². The number of thioether (sulfide) groups is 1. The van der Waals surface area contributed by atoms with Crippen molar-refractivity contribution < 1.29 is 4.79 Å². The summed E-state index contributed by atoms with van der Waals surface area (Å²) in [6.07, 6.45) is 0. The monoisotopic (exact) mass is 307 g/mol. The first-order valence-corrected chi connectivity index (χ1v) is 8.35. The van der Waals surface area contributed by atoms with Crippen molar-refractivity contribution >= 4 is 17.7 Å². The number of nitrogens with two attached hydrogens (primary N) is 1. The molecular weight excluding hydrogens is 282 g/mol. The lowest BCUT2D eigenvalue weighted by molar-refractivity contribution is -0.122. The second kappa shape index (κ2) is 6.81. The summed E-state index contributed by atoms with van der Waals surface area (Å²) < 4.78 is 0.339. The van der Waals surface area contributed by atoms with Crippen LogP contribution in [0.1, 0.15) is 37.8 Å². The Hall–Kier alpha value is -1.04. The van der Waals surface area contributed by atoms with E-state index in [4.69, 9.17) is 5.84 Å². The summed E-state index contributed by atoms with van der Waals surface area (Å²) in [6, 6.07) is 8.28. The summed E-state index contributed by atoms with van der Waals surface area (Å²) in [5.41, 5.74) is 4.49. The average molecular weight is 307 g/mol. The van der Waals surface area contributed by atoms with Gasteiger partial charge in [-0.15, -0.1) is 0 Å². The van der Waals surface area contributed by atoms with E-state index in [1.165, 1.54) is 11.3 Å². The first-order valence-electron chi connectivity index (χ1n) is 7.37. The Kier molecular flexibility index (Phi) is 5.30. The maximum atomic E-state index is 11.5. The zero-order valence-electron chi connectivity index (χ0n) is 13.1. The van der Waals surface area contributed by atoms with Crippen LogP contribution in [0.25, 0.3) is 0 Å². The van der Waals surface area contributed by atoms with Gasteiger partial charge in [-0.2, -0.15) is 11.8 Å². The van der Waals surface area contributed by atoms with Crippen molar-refractivity contribution in [3.63, 3.8) is 0 Å². The first-order chi connectivity index (χ1) is 9.91. The molecule has 1 unspecified atom stereocenters. The van der Waals surface area contributed by atoms with Crippen LogP contribution in [0.15, 0.2) is 24.3 Å². The van der Waals surface area contributed by atoms with Gasteiger partial charge in [0.15, 0.2) is 0 Å².